The zero-order valence-corrected chi connectivity index (χ0v) is 15.5. The Hall–Kier alpha value is -1.80. The Morgan fingerprint density at radius 2 is 1.92 bits per heavy atom. The number of hydrogen-bond acceptors (Lipinski definition) is 5. The van der Waals surface area contributed by atoms with Gasteiger partial charge in [0.25, 0.3) is 0 Å². The highest BCUT2D eigenvalue weighted by Gasteiger charge is 2.27. The molecule has 0 atom stereocenters. The van der Waals surface area contributed by atoms with Gasteiger partial charge in [-0.25, -0.2) is 8.42 Å². The van der Waals surface area contributed by atoms with Gasteiger partial charge in [0.2, 0.25) is 15.9 Å². The van der Waals surface area contributed by atoms with E-state index in [2.05, 4.69) is 12.2 Å². The van der Waals surface area contributed by atoms with Gasteiger partial charge in [0.05, 0.1) is 20.8 Å². The third-order valence-corrected chi connectivity index (χ3v) is 5.35. The maximum atomic E-state index is 12.7. The molecule has 0 radical (unpaired) electrons. The number of nitrogens with one attached hydrogen (secondary N) is 1. The fraction of sp³-hybridized carbons (Fsp3) is 0.562. The molecule has 8 heteroatoms. The molecular formula is C16H26N2O5S. The third-order valence-electron chi connectivity index (χ3n) is 3.53. The van der Waals surface area contributed by atoms with Crippen LogP contribution in [0.25, 0.3) is 0 Å². The molecule has 0 aliphatic rings. The number of carbonyl (C=O) groups excluding carboxylic acids is 1. The van der Waals surface area contributed by atoms with Gasteiger partial charge in [0.1, 0.15) is 16.4 Å². The van der Waals surface area contributed by atoms with E-state index >= 15 is 0 Å². The van der Waals surface area contributed by atoms with Gasteiger partial charge >= 0.3 is 0 Å². The van der Waals surface area contributed by atoms with Crippen molar-refractivity contribution < 1.29 is 22.7 Å². The van der Waals surface area contributed by atoms with Crippen molar-refractivity contribution in [1.82, 2.24) is 9.62 Å². The van der Waals surface area contributed by atoms with E-state index in [4.69, 9.17) is 9.47 Å². The zero-order chi connectivity index (χ0) is 18.2. The number of carbonyl (C=O) groups is 1. The summed E-state index contributed by atoms with van der Waals surface area (Å²) in [5, 5.41) is 2.72. The van der Waals surface area contributed by atoms with E-state index in [9.17, 15) is 13.2 Å². The summed E-state index contributed by atoms with van der Waals surface area (Å²) in [7, 11) is 0.324. The first kappa shape index (κ1) is 20.2. The molecule has 1 aromatic carbocycles. The molecule has 0 heterocycles. The maximum absolute atomic E-state index is 12.7. The second kappa shape index (κ2) is 9.48. The Labute approximate surface area is 144 Å². The highest BCUT2D eigenvalue weighted by Crippen LogP contribution is 2.29. The van der Waals surface area contributed by atoms with Crippen LogP contribution in [0.15, 0.2) is 23.1 Å². The average molecular weight is 358 g/mol. The minimum atomic E-state index is -3.88. The number of likely N-dealkylation sites (N-methyl/N-ethyl adjacent to an activating group) is 1. The number of unbranched alkanes of at least 4 members (excludes halogenated alkanes) is 2. The fourth-order valence-corrected chi connectivity index (χ4v) is 3.39. The highest BCUT2D eigenvalue weighted by molar-refractivity contribution is 7.89. The predicted molar refractivity (Wildman–Crippen MR) is 91.9 cm³/mol. The van der Waals surface area contributed by atoms with Gasteiger partial charge in [-0.15, -0.1) is 0 Å². The molecule has 0 fully saturated rings. The monoisotopic (exact) mass is 358 g/mol. The van der Waals surface area contributed by atoms with Crippen LogP contribution < -0.4 is 14.8 Å². The van der Waals surface area contributed by atoms with Crippen LogP contribution in [-0.4, -0.2) is 53.0 Å². The Kier molecular flexibility index (Phi) is 8.00. The first-order chi connectivity index (χ1) is 11.4. The topological polar surface area (TPSA) is 84.9 Å². The normalized spacial score (nSPS) is 11.4. The predicted octanol–water partition coefficient (Wildman–Crippen LogP) is 1.63. The van der Waals surface area contributed by atoms with Crippen molar-refractivity contribution in [3.63, 3.8) is 0 Å². The Morgan fingerprint density at radius 1 is 1.21 bits per heavy atom. The van der Waals surface area contributed by atoms with Crippen molar-refractivity contribution in [2.75, 3.05) is 34.4 Å². The largest absolute Gasteiger partial charge is 0.497 e. The summed E-state index contributed by atoms with van der Waals surface area (Å²) in [6, 6.07) is 4.51. The van der Waals surface area contributed by atoms with E-state index in [0.717, 1.165) is 23.6 Å². The summed E-state index contributed by atoms with van der Waals surface area (Å²) in [4.78, 5) is 11.9. The molecular weight excluding hydrogens is 332 g/mol. The summed E-state index contributed by atoms with van der Waals surface area (Å²) in [6.07, 6.45) is 2.96. The van der Waals surface area contributed by atoms with Gasteiger partial charge in [0.15, 0.2) is 0 Å². The summed E-state index contributed by atoms with van der Waals surface area (Å²) >= 11 is 0. The maximum Gasteiger partial charge on any atom is 0.247 e. The number of amides is 1. The first-order valence-corrected chi connectivity index (χ1v) is 9.25. The second-order valence-corrected chi connectivity index (χ2v) is 7.35. The van der Waals surface area contributed by atoms with Crippen LogP contribution in [0, 0.1) is 0 Å². The van der Waals surface area contributed by atoms with Crippen LogP contribution in [-0.2, 0) is 14.8 Å². The average Bonchev–Trinajstić information content (AvgIpc) is 2.57. The zero-order valence-electron chi connectivity index (χ0n) is 14.7. The lowest BCUT2D eigenvalue weighted by Crippen LogP contribution is -2.38. The molecule has 0 saturated carbocycles. The standard InChI is InChI=1S/C16H26N2O5S/c1-5-6-7-10-17-16(19)12-18(2)24(20,21)15-11-13(22-3)8-9-14(15)23-4/h8-9,11H,5-7,10,12H2,1-4H3,(H,17,19). The Balaban J connectivity index is 2.85. The molecule has 1 aromatic rings. The molecule has 0 aliphatic heterocycles. The lowest BCUT2D eigenvalue weighted by Gasteiger charge is -2.19. The minimum absolute atomic E-state index is 0.0365. The van der Waals surface area contributed by atoms with Crippen molar-refractivity contribution in [2.24, 2.45) is 0 Å². The molecule has 0 aromatic heterocycles. The van der Waals surface area contributed by atoms with Crippen molar-refractivity contribution >= 4 is 15.9 Å². The van der Waals surface area contributed by atoms with Crippen molar-refractivity contribution in [3.8, 4) is 11.5 Å². The smallest absolute Gasteiger partial charge is 0.247 e. The summed E-state index contributed by atoms with van der Waals surface area (Å²) in [6.45, 7) is 2.36. The molecule has 0 spiro atoms. The van der Waals surface area contributed by atoms with Gasteiger partial charge < -0.3 is 14.8 Å². The molecule has 136 valence electrons. The van der Waals surface area contributed by atoms with Crippen molar-refractivity contribution in [2.45, 2.75) is 31.1 Å². The number of hydrogen-bond donors (Lipinski definition) is 1. The SMILES string of the molecule is CCCCCNC(=O)CN(C)S(=O)(=O)c1cc(OC)ccc1OC. The van der Waals surface area contributed by atoms with Gasteiger partial charge in [-0.05, 0) is 18.6 Å². The van der Waals surface area contributed by atoms with Gasteiger partial charge in [-0.3, -0.25) is 4.79 Å². The van der Waals surface area contributed by atoms with Gasteiger partial charge in [-0.2, -0.15) is 4.31 Å². The number of sulfonamides is 1. The second-order valence-electron chi connectivity index (χ2n) is 5.33. The van der Waals surface area contributed by atoms with Crippen LogP contribution in [0.4, 0.5) is 0 Å². The molecule has 0 bridgehead atoms. The number of methoxy groups -OCH3 is 2. The van der Waals surface area contributed by atoms with E-state index in [1.165, 1.54) is 33.4 Å². The highest BCUT2D eigenvalue weighted by atomic mass is 32.2. The van der Waals surface area contributed by atoms with E-state index in [0.29, 0.717) is 12.3 Å². The third kappa shape index (κ3) is 5.38. The fourth-order valence-electron chi connectivity index (χ4n) is 2.10. The molecule has 1 amide bonds. The van der Waals surface area contributed by atoms with Gasteiger partial charge in [0, 0.05) is 19.7 Å². The van der Waals surface area contributed by atoms with Crippen molar-refractivity contribution in [1.29, 1.82) is 0 Å². The number of benzene rings is 1. The van der Waals surface area contributed by atoms with Gasteiger partial charge in [-0.1, -0.05) is 19.8 Å². The van der Waals surface area contributed by atoms with E-state index < -0.39 is 10.0 Å². The summed E-state index contributed by atoms with van der Waals surface area (Å²) < 4.78 is 36.6. The van der Waals surface area contributed by atoms with Crippen LogP contribution >= 0.6 is 0 Å². The Morgan fingerprint density at radius 3 is 2.50 bits per heavy atom. The molecule has 0 saturated heterocycles. The molecule has 0 aliphatic carbocycles. The van der Waals surface area contributed by atoms with Crippen LogP contribution in [0.3, 0.4) is 0 Å². The number of rotatable bonds is 10. The molecule has 1 N–H and O–H groups in total. The van der Waals surface area contributed by atoms with Crippen LogP contribution in [0.5, 0.6) is 11.5 Å². The first-order valence-electron chi connectivity index (χ1n) is 7.81. The van der Waals surface area contributed by atoms with Crippen molar-refractivity contribution in [3.05, 3.63) is 18.2 Å². The summed E-state index contributed by atoms with van der Waals surface area (Å²) in [5.41, 5.74) is 0. The van der Waals surface area contributed by atoms with Crippen LogP contribution in [0.1, 0.15) is 26.2 Å². The lowest BCUT2D eigenvalue weighted by atomic mass is 10.2. The lowest BCUT2D eigenvalue weighted by molar-refractivity contribution is -0.121. The molecule has 7 nitrogen and oxygen atoms in total. The van der Waals surface area contributed by atoms with E-state index in [1.807, 2.05) is 0 Å². The number of nitrogens with zero attached hydrogens (tertiary/aromatic N) is 1. The molecule has 0 unspecified atom stereocenters. The van der Waals surface area contributed by atoms with E-state index in [-0.39, 0.29) is 23.1 Å². The Bertz CT molecular complexity index is 646. The number of ether oxygens (including phenoxy) is 2. The van der Waals surface area contributed by atoms with Crippen LogP contribution in [0.2, 0.25) is 0 Å². The summed E-state index contributed by atoms with van der Waals surface area (Å²) in [5.74, 6) is 0.261. The minimum Gasteiger partial charge on any atom is -0.497 e. The molecule has 24 heavy (non-hydrogen) atoms. The quantitative estimate of drug-likeness (QED) is 0.643. The van der Waals surface area contributed by atoms with E-state index in [1.54, 1.807) is 6.07 Å². The molecule has 1 rings (SSSR count).